The van der Waals surface area contributed by atoms with E-state index in [2.05, 4.69) is 10.4 Å². The Morgan fingerprint density at radius 3 is 2.39 bits per heavy atom. The predicted molar refractivity (Wildman–Crippen MR) is 134 cm³/mol. The van der Waals surface area contributed by atoms with Crippen molar-refractivity contribution in [3.05, 3.63) is 41.6 Å². The number of halogens is 4. The van der Waals surface area contributed by atoms with Crippen molar-refractivity contribution >= 4 is 11.9 Å². The summed E-state index contributed by atoms with van der Waals surface area (Å²) in [6.45, 7) is 2.38. The average molecular weight is 539 g/mol. The summed E-state index contributed by atoms with van der Waals surface area (Å²) in [5.74, 6) is -4.87. The van der Waals surface area contributed by atoms with Gasteiger partial charge in [0.1, 0.15) is 12.3 Å². The summed E-state index contributed by atoms with van der Waals surface area (Å²) in [4.78, 5) is 26.4. The van der Waals surface area contributed by atoms with E-state index in [-0.39, 0.29) is 54.8 Å². The summed E-state index contributed by atoms with van der Waals surface area (Å²) in [5.41, 5.74) is 0.511. The largest absolute Gasteiger partial charge is 0.481 e. The van der Waals surface area contributed by atoms with Crippen LogP contribution in [0, 0.1) is 0 Å². The first-order valence-electron chi connectivity index (χ1n) is 13.1. The van der Waals surface area contributed by atoms with Gasteiger partial charge in [-0.25, -0.2) is 17.6 Å². The SMILES string of the molecule is CC(C[C@@H](CC(=O)O)NC(=O)c1cc(-c2ccccc2C(C)(F)F)n(C2CCCC2)n1)N1C[C@H](F)[C@@H](F)C1. The third-order valence-corrected chi connectivity index (χ3v) is 7.53. The average Bonchev–Trinajstić information content (AvgIpc) is 3.58. The van der Waals surface area contributed by atoms with E-state index in [0.717, 1.165) is 32.6 Å². The molecule has 38 heavy (non-hydrogen) atoms. The first-order chi connectivity index (χ1) is 17.9. The van der Waals surface area contributed by atoms with Gasteiger partial charge in [0.05, 0.1) is 18.2 Å². The summed E-state index contributed by atoms with van der Waals surface area (Å²) in [6.07, 6.45) is 0.127. The van der Waals surface area contributed by atoms with Crippen molar-refractivity contribution in [1.29, 1.82) is 0 Å². The second-order valence-corrected chi connectivity index (χ2v) is 10.6. The molecule has 0 radical (unpaired) electrons. The minimum Gasteiger partial charge on any atom is -0.481 e. The van der Waals surface area contributed by atoms with Gasteiger partial charge in [-0.05, 0) is 32.3 Å². The number of carboxylic acid groups (broad SMARTS) is 1. The van der Waals surface area contributed by atoms with Gasteiger partial charge in [-0.2, -0.15) is 5.10 Å². The molecule has 0 bridgehead atoms. The fraction of sp³-hybridized carbons (Fsp3) is 0.593. The summed E-state index contributed by atoms with van der Waals surface area (Å²) >= 11 is 0. The lowest BCUT2D eigenvalue weighted by atomic mass is 9.99. The van der Waals surface area contributed by atoms with Crippen LogP contribution >= 0.6 is 0 Å². The van der Waals surface area contributed by atoms with Gasteiger partial charge in [-0.15, -0.1) is 0 Å². The molecule has 1 aliphatic heterocycles. The van der Waals surface area contributed by atoms with Gasteiger partial charge in [0.15, 0.2) is 5.69 Å². The van der Waals surface area contributed by atoms with E-state index >= 15 is 0 Å². The van der Waals surface area contributed by atoms with Gasteiger partial charge >= 0.3 is 5.97 Å². The first-order valence-corrected chi connectivity index (χ1v) is 13.1. The molecular formula is C27H34F4N4O3. The zero-order valence-corrected chi connectivity index (χ0v) is 21.5. The van der Waals surface area contributed by atoms with E-state index in [1.54, 1.807) is 28.6 Å². The zero-order valence-electron chi connectivity index (χ0n) is 21.5. The summed E-state index contributed by atoms with van der Waals surface area (Å²) in [5, 5.41) is 16.6. The predicted octanol–water partition coefficient (Wildman–Crippen LogP) is 5.12. The Labute approximate surface area is 219 Å². The molecule has 2 aliphatic rings. The second-order valence-electron chi connectivity index (χ2n) is 10.6. The molecule has 2 heterocycles. The molecule has 2 N–H and O–H groups in total. The van der Waals surface area contributed by atoms with Crippen LogP contribution in [0.5, 0.6) is 0 Å². The van der Waals surface area contributed by atoms with Crippen LogP contribution in [0.15, 0.2) is 30.3 Å². The molecule has 1 amide bonds. The zero-order chi connectivity index (χ0) is 27.6. The number of rotatable bonds is 10. The molecule has 2 aromatic rings. The fourth-order valence-corrected chi connectivity index (χ4v) is 5.56. The lowest BCUT2D eigenvalue weighted by Crippen LogP contribution is -2.42. The molecule has 1 unspecified atom stereocenters. The maximum atomic E-state index is 14.5. The van der Waals surface area contributed by atoms with Crippen LogP contribution in [0.2, 0.25) is 0 Å². The van der Waals surface area contributed by atoms with Gasteiger partial charge in [-0.1, -0.05) is 37.1 Å². The highest BCUT2D eigenvalue weighted by Crippen LogP contribution is 2.39. The maximum absolute atomic E-state index is 14.5. The van der Waals surface area contributed by atoms with Crippen molar-refractivity contribution in [3.63, 3.8) is 0 Å². The van der Waals surface area contributed by atoms with E-state index in [1.807, 2.05) is 0 Å². The standard InChI is InChI=1S/C27H34F4N4O3/c1-16(34-14-21(28)22(29)15-34)11-17(12-25(36)37)32-26(38)23-13-24(35(33-23)18-7-3-4-8-18)19-9-5-6-10-20(19)27(2,30)31/h5-6,9-10,13,16-18,21-22H,3-4,7-8,11-12,14-15H2,1-2H3,(H,32,38)(H,36,37)/t16?,17-,21-,22-/m0/s1. The van der Waals surface area contributed by atoms with Crippen LogP contribution in [-0.4, -0.2) is 69.2 Å². The maximum Gasteiger partial charge on any atom is 0.305 e. The molecule has 1 saturated heterocycles. The number of hydrogen-bond acceptors (Lipinski definition) is 4. The van der Waals surface area contributed by atoms with Crippen molar-refractivity contribution in [2.75, 3.05) is 13.1 Å². The Bertz CT molecular complexity index is 1140. The Morgan fingerprint density at radius 1 is 1.16 bits per heavy atom. The number of benzene rings is 1. The number of hydrogen-bond donors (Lipinski definition) is 2. The highest BCUT2D eigenvalue weighted by molar-refractivity contribution is 5.94. The highest BCUT2D eigenvalue weighted by atomic mass is 19.3. The van der Waals surface area contributed by atoms with Gasteiger partial charge < -0.3 is 10.4 Å². The van der Waals surface area contributed by atoms with Gasteiger partial charge in [-0.3, -0.25) is 19.2 Å². The number of nitrogens with zero attached hydrogens (tertiary/aromatic N) is 3. The number of carbonyl (C=O) groups is 2. The van der Waals surface area contributed by atoms with E-state index < -0.39 is 36.2 Å². The summed E-state index contributed by atoms with van der Waals surface area (Å²) in [6, 6.07) is 6.37. The van der Waals surface area contributed by atoms with E-state index in [0.29, 0.717) is 5.69 Å². The van der Waals surface area contributed by atoms with Crippen molar-refractivity contribution in [3.8, 4) is 11.3 Å². The van der Waals surface area contributed by atoms with Crippen LogP contribution < -0.4 is 5.32 Å². The van der Waals surface area contributed by atoms with Crippen LogP contribution in [0.25, 0.3) is 11.3 Å². The van der Waals surface area contributed by atoms with Gasteiger partial charge in [0, 0.05) is 43.2 Å². The monoisotopic (exact) mass is 538 g/mol. The molecule has 2 fully saturated rings. The minimum atomic E-state index is -3.11. The highest BCUT2D eigenvalue weighted by Gasteiger charge is 2.36. The molecule has 208 valence electrons. The van der Waals surface area contributed by atoms with E-state index in [4.69, 9.17) is 0 Å². The summed E-state index contributed by atoms with van der Waals surface area (Å²) < 4.78 is 57.9. The number of carbonyl (C=O) groups excluding carboxylic acids is 1. The number of amides is 1. The third-order valence-electron chi connectivity index (χ3n) is 7.53. The lowest BCUT2D eigenvalue weighted by Gasteiger charge is -2.27. The molecule has 1 aliphatic carbocycles. The topological polar surface area (TPSA) is 87.5 Å². The lowest BCUT2D eigenvalue weighted by molar-refractivity contribution is -0.137. The Kier molecular flexibility index (Phi) is 8.44. The van der Waals surface area contributed by atoms with Gasteiger partial charge in [0.2, 0.25) is 0 Å². The van der Waals surface area contributed by atoms with Crippen LogP contribution in [0.4, 0.5) is 17.6 Å². The van der Waals surface area contributed by atoms with E-state index in [1.165, 1.54) is 18.2 Å². The molecule has 4 atom stereocenters. The molecule has 4 rings (SSSR count). The molecule has 7 nitrogen and oxygen atoms in total. The minimum absolute atomic E-state index is 0.00187. The third kappa shape index (κ3) is 6.36. The van der Waals surface area contributed by atoms with Crippen LogP contribution in [0.1, 0.15) is 74.5 Å². The molecule has 1 saturated carbocycles. The van der Waals surface area contributed by atoms with Crippen molar-refractivity contribution < 1.29 is 32.3 Å². The van der Waals surface area contributed by atoms with Crippen molar-refractivity contribution in [1.82, 2.24) is 20.0 Å². The molecule has 1 aromatic heterocycles. The number of likely N-dealkylation sites (tertiary alicyclic amines) is 1. The quantitative estimate of drug-likeness (QED) is 0.410. The normalized spacial score (nSPS) is 22.5. The fourth-order valence-electron chi connectivity index (χ4n) is 5.56. The van der Waals surface area contributed by atoms with Crippen LogP contribution in [-0.2, 0) is 10.7 Å². The molecule has 1 aromatic carbocycles. The van der Waals surface area contributed by atoms with Crippen LogP contribution in [0.3, 0.4) is 0 Å². The van der Waals surface area contributed by atoms with Crippen molar-refractivity contribution in [2.24, 2.45) is 0 Å². The molecular weight excluding hydrogens is 504 g/mol. The second kappa shape index (κ2) is 11.4. The van der Waals surface area contributed by atoms with E-state index in [9.17, 15) is 32.3 Å². The van der Waals surface area contributed by atoms with Gasteiger partial charge in [0.25, 0.3) is 11.8 Å². The molecule has 0 spiro atoms. The Morgan fingerprint density at radius 2 is 1.79 bits per heavy atom. The summed E-state index contributed by atoms with van der Waals surface area (Å²) in [7, 11) is 0. The van der Waals surface area contributed by atoms with Crippen molar-refractivity contribution in [2.45, 2.75) is 88.8 Å². The Hall–Kier alpha value is -2.95. The number of nitrogens with one attached hydrogen (secondary N) is 1. The number of carboxylic acids is 1. The first kappa shape index (κ1) is 28.1. The number of aliphatic carboxylic acids is 1. The number of aromatic nitrogens is 2. The smallest absolute Gasteiger partial charge is 0.305 e. The number of alkyl halides is 4. The Balaban J connectivity index is 1.60. The molecule has 11 heteroatoms.